The summed E-state index contributed by atoms with van der Waals surface area (Å²) >= 11 is 1.16. The van der Waals surface area contributed by atoms with Crippen molar-refractivity contribution >= 4 is 27.3 Å². The maximum atomic E-state index is 12.4. The molecule has 2 rings (SSSR count). The van der Waals surface area contributed by atoms with Crippen molar-refractivity contribution in [3.05, 3.63) is 17.0 Å². The summed E-state index contributed by atoms with van der Waals surface area (Å²) in [6.07, 6.45) is 1.73. The van der Waals surface area contributed by atoms with E-state index in [9.17, 15) is 18.3 Å². The molecule has 0 amide bonds. The van der Waals surface area contributed by atoms with Crippen molar-refractivity contribution in [2.45, 2.75) is 36.4 Å². The Hall–Kier alpha value is -0.920. The highest BCUT2D eigenvalue weighted by atomic mass is 32.2. The van der Waals surface area contributed by atoms with Gasteiger partial charge in [0.1, 0.15) is 4.21 Å². The summed E-state index contributed by atoms with van der Waals surface area (Å²) in [6.45, 7) is 2.06. The Labute approximate surface area is 110 Å². The van der Waals surface area contributed by atoms with Gasteiger partial charge in [0.15, 0.2) is 0 Å². The minimum atomic E-state index is -3.70. The average molecular weight is 288 g/mol. The van der Waals surface area contributed by atoms with E-state index in [1.807, 2.05) is 6.92 Å². The van der Waals surface area contributed by atoms with E-state index in [0.717, 1.165) is 20.5 Å². The van der Waals surface area contributed by atoms with E-state index >= 15 is 0 Å². The van der Waals surface area contributed by atoms with Crippen molar-refractivity contribution in [2.75, 3.05) is 6.54 Å². The number of carboxylic acids is 1. The van der Waals surface area contributed by atoms with Crippen LogP contribution in [0.3, 0.4) is 0 Å². The van der Waals surface area contributed by atoms with Crippen LogP contribution in [0.4, 0.5) is 0 Å². The molecule has 1 aliphatic heterocycles. The molecule has 0 spiro atoms. The number of carbonyl (C=O) groups excluding carboxylic acids is 1. The second-order valence-corrected chi connectivity index (χ2v) is 7.72. The Balaban J connectivity index is 2.36. The van der Waals surface area contributed by atoms with Crippen LogP contribution >= 0.6 is 11.3 Å². The molecule has 1 saturated heterocycles. The zero-order valence-electron chi connectivity index (χ0n) is 9.96. The lowest BCUT2D eigenvalue weighted by Gasteiger charge is -2.34. The summed E-state index contributed by atoms with van der Waals surface area (Å²) < 4.78 is 26.0. The Morgan fingerprint density at radius 1 is 1.44 bits per heavy atom. The van der Waals surface area contributed by atoms with Gasteiger partial charge in [-0.05, 0) is 31.9 Å². The molecule has 1 aromatic rings. The molecule has 1 fully saturated rings. The average Bonchev–Trinajstić information content (AvgIpc) is 2.76. The summed E-state index contributed by atoms with van der Waals surface area (Å²) in [5, 5.41) is 11.0. The molecule has 0 aliphatic carbocycles. The number of hydrogen-bond acceptors (Lipinski definition) is 5. The zero-order valence-corrected chi connectivity index (χ0v) is 11.6. The molecule has 0 radical (unpaired) electrons. The highest BCUT2D eigenvalue weighted by Gasteiger charge is 2.34. The molecule has 5 nitrogen and oxygen atoms in total. The molecular weight excluding hydrogens is 274 g/mol. The van der Waals surface area contributed by atoms with Crippen LogP contribution in [0.15, 0.2) is 16.3 Å². The van der Waals surface area contributed by atoms with Gasteiger partial charge in [-0.2, -0.15) is 4.31 Å². The highest BCUT2D eigenvalue weighted by Crippen LogP contribution is 2.29. The third-order valence-electron chi connectivity index (χ3n) is 3.00. The summed E-state index contributed by atoms with van der Waals surface area (Å²) in [7, 11) is -3.70. The fourth-order valence-electron chi connectivity index (χ4n) is 2.09. The molecule has 0 unspecified atom stereocenters. The zero-order chi connectivity index (χ0) is 13.3. The highest BCUT2D eigenvalue weighted by molar-refractivity contribution is 7.91. The summed E-state index contributed by atoms with van der Waals surface area (Å²) in [5.74, 6) is -1.31. The minimum absolute atomic E-state index is 0.202. The number of hydrogen-bond donors (Lipinski definition) is 0. The van der Waals surface area contributed by atoms with Gasteiger partial charge in [-0.25, -0.2) is 8.42 Å². The maximum Gasteiger partial charge on any atom is 0.253 e. The third kappa shape index (κ3) is 2.43. The van der Waals surface area contributed by atoms with Crippen LogP contribution in [-0.4, -0.2) is 31.3 Å². The molecule has 1 aromatic heterocycles. The lowest BCUT2D eigenvalue weighted by molar-refractivity contribution is -0.311. The monoisotopic (exact) mass is 288 g/mol. The van der Waals surface area contributed by atoms with Crippen molar-refractivity contribution in [2.24, 2.45) is 0 Å². The van der Waals surface area contributed by atoms with E-state index in [1.54, 1.807) is 6.07 Å². The molecule has 18 heavy (non-hydrogen) atoms. The summed E-state index contributed by atoms with van der Waals surface area (Å²) in [4.78, 5) is 11.9. The number of nitrogens with zero attached hydrogens (tertiary/aromatic N) is 1. The van der Waals surface area contributed by atoms with Gasteiger partial charge >= 0.3 is 0 Å². The van der Waals surface area contributed by atoms with E-state index in [2.05, 4.69) is 0 Å². The first-order valence-electron chi connectivity index (χ1n) is 5.72. The molecule has 0 bridgehead atoms. The van der Waals surface area contributed by atoms with Crippen molar-refractivity contribution in [3.8, 4) is 0 Å². The molecule has 1 atom stereocenters. The normalized spacial score (nSPS) is 21.9. The van der Waals surface area contributed by atoms with Crippen LogP contribution in [0.1, 0.15) is 24.1 Å². The van der Waals surface area contributed by atoms with E-state index in [4.69, 9.17) is 0 Å². The SMILES string of the molecule is Cc1ccc(S(=O)(=O)N2CCCC[C@@H]2C(=O)[O-])s1. The van der Waals surface area contributed by atoms with E-state index < -0.39 is 22.0 Å². The molecule has 100 valence electrons. The van der Waals surface area contributed by atoms with Gasteiger partial charge < -0.3 is 9.90 Å². The standard InChI is InChI=1S/C11H15NO4S2/c1-8-5-6-10(17-8)18(15,16)12-7-3-2-4-9(12)11(13)14/h5-6,9H,2-4,7H2,1H3,(H,13,14)/p-1/t9-/m1/s1. The number of carbonyl (C=O) groups is 1. The van der Waals surface area contributed by atoms with E-state index in [0.29, 0.717) is 19.3 Å². The number of sulfonamides is 1. The second kappa shape index (κ2) is 4.99. The van der Waals surface area contributed by atoms with Gasteiger partial charge in [-0.3, -0.25) is 0 Å². The Bertz CT molecular complexity index is 549. The predicted octanol–water partition coefficient (Wildman–Crippen LogP) is 0.350. The Morgan fingerprint density at radius 3 is 2.72 bits per heavy atom. The topological polar surface area (TPSA) is 77.5 Å². The quantitative estimate of drug-likeness (QED) is 0.804. The number of carboxylic acid groups (broad SMARTS) is 1. The van der Waals surface area contributed by atoms with Gasteiger partial charge in [0.05, 0.1) is 12.0 Å². The van der Waals surface area contributed by atoms with Crippen LogP contribution in [0.25, 0.3) is 0 Å². The van der Waals surface area contributed by atoms with Crippen LogP contribution in [-0.2, 0) is 14.8 Å². The molecule has 1 aliphatic rings. The lowest BCUT2D eigenvalue weighted by atomic mass is 10.1. The number of piperidine rings is 1. The molecule has 7 heteroatoms. The number of rotatable bonds is 3. The van der Waals surface area contributed by atoms with Gasteiger partial charge in [0, 0.05) is 11.4 Å². The van der Waals surface area contributed by atoms with Gasteiger partial charge in [0.25, 0.3) is 10.0 Å². The number of aliphatic carboxylic acids is 1. The molecule has 0 N–H and O–H groups in total. The Morgan fingerprint density at radius 2 is 2.17 bits per heavy atom. The minimum Gasteiger partial charge on any atom is -0.548 e. The summed E-state index contributed by atoms with van der Waals surface area (Å²) in [6, 6.07) is 2.21. The Kier molecular flexibility index (Phi) is 3.74. The van der Waals surface area contributed by atoms with E-state index in [-0.39, 0.29) is 10.8 Å². The third-order valence-corrected chi connectivity index (χ3v) is 6.38. The lowest BCUT2D eigenvalue weighted by Crippen LogP contribution is -2.52. The first kappa shape index (κ1) is 13.5. The van der Waals surface area contributed by atoms with Crippen LogP contribution in [0, 0.1) is 6.92 Å². The fraction of sp³-hybridized carbons (Fsp3) is 0.545. The smallest absolute Gasteiger partial charge is 0.253 e. The fourth-order valence-corrected chi connectivity index (χ4v) is 5.15. The van der Waals surface area contributed by atoms with E-state index in [1.165, 1.54) is 6.07 Å². The largest absolute Gasteiger partial charge is 0.548 e. The first-order chi connectivity index (χ1) is 8.43. The van der Waals surface area contributed by atoms with Crippen molar-refractivity contribution < 1.29 is 18.3 Å². The van der Waals surface area contributed by atoms with Gasteiger partial charge in [0.2, 0.25) is 0 Å². The molecule has 0 saturated carbocycles. The summed E-state index contributed by atoms with van der Waals surface area (Å²) in [5.41, 5.74) is 0. The van der Waals surface area contributed by atoms with Gasteiger partial charge in [-0.15, -0.1) is 11.3 Å². The van der Waals surface area contributed by atoms with Crippen molar-refractivity contribution in [3.63, 3.8) is 0 Å². The molecular formula is C11H14NO4S2-. The number of thiophene rings is 1. The molecule has 0 aromatic carbocycles. The van der Waals surface area contributed by atoms with Gasteiger partial charge in [-0.1, -0.05) is 6.42 Å². The predicted molar refractivity (Wildman–Crippen MR) is 65.6 cm³/mol. The van der Waals surface area contributed by atoms with Crippen LogP contribution in [0.2, 0.25) is 0 Å². The second-order valence-electron chi connectivity index (χ2n) is 4.31. The first-order valence-corrected chi connectivity index (χ1v) is 7.98. The van der Waals surface area contributed by atoms with Crippen LogP contribution in [0.5, 0.6) is 0 Å². The van der Waals surface area contributed by atoms with Crippen LogP contribution < -0.4 is 5.11 Å². The van der Waals surface area contributed by atoms with Crippen molar-refractivity contribution in [1.82, 2.24) is 4.31 Å². The maximum absolute atomic E-state index is 12.4. The number of aryl methyl sites for hydroxylation is 1. The molecule has 2 heterocycles. The van der Waals surface area contributed by atoms with Crippen molar-refractivity contribution in [1.29, 1.82) is 0 Å².